The Morgan fingerprint density at radius 1 is 0.444 bits per heavy atom. The second-order valence-electron chi connectivity index (χ2n) is 4.24. The fourth-order valence-electron chi connectivity index (χ4n) is 2.06. The maximum absolute atomic E-state index is 7.66. The monoisotopic (exact) mass is 231 g/mol. The molecule has 0 aromatic heterocycles. The van der Waals surface area contributed by atoms with E-state index in [2.05, 4.69) is 36.4 Å². The zero-order chi connectivity index (χ0) is 13.1. The minimum absolute atomic E-state index is 0.546. The Balaban J connectivity index is 1.95. The lowest BCUT2D eigenvalue weighted by Gasteiger charge is -2.04. The Kier molecular flexibility index (Phi) is 2.62. The standard InChI is InChI=1S/C18H14/c1-3-7-15(8-4-1)17-11-13-18(14-12-17)16-9-5-2-6-10-16/h1-14H/i3D. The molecule has 0 saturated heterocycles. The highest BCUT2D eigenvalue weighted by Gasteiger charge is 1.98. The highest BCUT2D eigenvalue weighted by molar-refractivity contribution is 5.70. The lowest BCUT2D eigenvalue weighted by molar-refractivity contribution is 1.59. The third-order valence-electron chi connectivity index (χ3n) is 3.03. The Labute approximate surface area is 109 Å². The van der Waals surface area contributed by atoms with Crippen LogP contribution in [0.25, 0.3) is 22.3 Å². The molecule has 86 valence electrons. The molecule has 0 saturated carbocycles. The highest BCUT2D eigenvalue weighted by atomic mass is 14.0. The van der Waals surface area contributed by atoms with Gasteiger partial charge in [0.05, 0.1) is 1.37 Å². The van der Waals surface area contributed by atoms with Crippen LogP contribution in [0, 0.1) is 0 Å². The van der Waals surface area contributed by atoms with E-state index >= 15 is 0 Å². The summed E-state index contributed by atoms with van der Waals surface area (Å²) in [5.41, 5.74) is 4.68. The van der Waals surface area contributed by atoms with Gasteiger partial charge in [-0.15, -0.1) is 0 Å². The first-order chi connectivity index (χ1) is 9.33. The van der Waals surface area contributed by atoms with E-state index in [9.17, 15) is 0 Å². The highest BCUT2D eigenvalue weighted by Crippen LogP contribution is 2.24. The van der Waals surface area contributed by atoms with Crippen LogP contribution in [0.3, 0.4) is 0 Å². The van der Waals surface area contributed by atoms with Crippen molar-refractivity contribution in [3.8, 4) is 22.3 Å². The zero-order valence-electron chi connectivity index (χ0n) is 11.0. The van der Waals surface area contributed by atoms with E-state index in [-0.39, 0.29) is 0 Å². The molecule has 0 aliphatic rings. The molecule has 0 bridgehead atoms. The molecule has 3 aromatic rings. The van der Waals surface area contributed by atoms with Crippen molar-refractivity contribution in [3.05, 3.63) is 84.9 Å². The summed E-state index contributed by atoms with van der Waals surface area (Å²) in [6, 6.07) is 27.0. The SMILES string of the molecule is [2H]c1cccc(-c2ccc(-c3ccccc3)cc2)c1. The fourth-order valence-corrected chi connectivity index (χ4v) is 2.06. The van der Waals surface area contributed by atoms with Crippen LogP contribution in [0.5, 0.6) is 0 Å². The average molecular weight is 231 g/mol. The molecule has 0 aliphatic heterocycles. The van der Waals surface area contributed by atoms with Gasteiger partial charge in [-0.1, -0.05) is 84.9 Å². The molecule has 0 unspecified atom stereocenters. The van der Waals surface area contributed by atoms with Gasteiger partial charge in [0, 0.05) is 0 Å². The number of hydrogen-bond acceptors (Lipinski definition) is 0. The number of hydrogen-bond donors (Lipinski definition) is 0. The second-order valence-corrected chi connectivity index (χ2v) is 4.24. The van der Waals surface area contributed by atoms with Crippen molar-refractivity contribution in [1.82, 2.24) is 0 Å². The molecule has 0 nitrogen and oxygen atoms in total. The van der Waals surface area contributed by atoms with Crippen LogP contribution in [-0.4, -0.2) is 0 Å². The Morgan fingerprint density at radius 3 is 1.44 bits per heavy atom. The van der Waals surface area contributed by atoms with Crippen LogP contribution in [0.15, 0.2) is 84.9 Å². The van der Waals surface area contributed by atoms with E-state index in [4.69, 9.17) is 1.37 Å². The molecule has 0 aliphatic carbocycles. The summed E-state index contributed by atoms with van der Waals surface area (Å²) in [6.45, 7) is 0. The molecule has 0 N–H and O–H groups in total. The van der Waals surface area contributed by atoms with Crippen LogP contribution in [0.1, 0.15) is 1.37 Å². The molecule has 0 atom stereocenters. The van der Waals surface area contributed by atoms with E-state index in [0.29, 0.717) is 6.04 Å². The first-order valence-corrected chi connectivity index (χ1v) is 6.05. The smallest absolute Gasteiger partial charge is 0.0622 e. The Bertz CT molecular complexity index is 670. The molecule has 0 heterocycles. The van der Waals surface area contributed by atoms with E-state index in [1.807, 2.05) is 36.4 Å². The van der Waals surface area contributed by atoms with Gasteiger partial charge in [0.15, 0.2) is 0 Å². The summed E-state index contributed by atoms with van der Waals surface area (Å²) in [6.07, 6.45) is 0. The van der Waals surface area contributed by atoms with Crippen molar-refractivity contribution in [2.24, 2.45) is 0 Å². The van der Waals surface area contributed by atoms with Crippen LogP contribution in [0.2, 0.25) is 0 Å². The third-order valence-corrected chi connectivity index (χ3v) is 3.03. The molecular weight excluding hydrogens is 216 g/mol. The van der Waals surface area contributed by atoms with Crippen molar-refractivity contribution in [3.63, 3.8) is 0 Å². The number of rotatable bonds is 2. The summed E-state index contributed by atoms with van der Waals surface area (Å²) < 4.78 is 7.66. The topological polar surface area (TPSA) is 0 Å². The summed E-state index contributed by atoms with van der Waals surface area (Å²) in [4.78, 5) is 0. The maximum Gasteiger partial charge on any atom is 0.0623 e. The lowest BCUT2D eigenvalue weighted by atomic mass is 10.0. The van der Waals surface area contributed by atoms with Gasteiger partial charge < -0.3 is 0 Å². The molecular formula is C18H14. The van der Waals surface area contributed by atoms with Gasteiger partial charge in [-0.05, 0) is 22.3 Å². The quantitative estimate of drug-likeness (QED) is 0.581. The minimum Gasteiger partial charge on any atom is -0.0622 e. The molecule has 0 heteroatoms. The number of benzene rings is 3. The molecule has 0 amide bonds. The van der Waals surface area contributed by atoms with Crippen molar-refractivity contribution in [1.29, 1.82) is 0 Å². The average Bonchev–Trinajstić information content (AvgIpc) is 2.48. The Morgan fingerprint density at radius 2 is 0.889 bits per heavy atom. The van der Waals surface area contributed by atoms with Crippen molar-refractivity contribution in [2.75, 3.05) is 0 Å². The molecule has 0 spiro atoms. The van der Waals surface area contributed by atoms with Crippen LogP contribution in [0.4, 0.5) is 0 Å². The minimum atomic E-state index is 0.546. The normalized spacial score (nSPS) is 11.0. The van der Waals surface area contributed by atoms with Crippen molar-refractivity contribution >= 4 is 0 Å². The van der Waals surface area contributed by atoms with Crippen LogP contribution < -0.4 is 0 Å². The first kappa shape index (κ1) is 9.67. The third kappa shape index (κ3) is 2.18. The summed E-state index contributed by atoms with van der Waals surface area (Å²) in [7, 11) is 0. The largest absolute Gasteiger partial charge is 0.0623 e. The van der Waals surface area contributed by atoms with Gasteiger partial charge in [0.2, 0.25) is 0 Å². The maximum atomic E-state index is 7.66. The van der Waals surface area contributed by atoms with E-state index in [1.165, 1.54) is 11.1 Å². The van der Waals surface area contributed by atoms with Crippen molar-refractivity contribution < 1.29 is 1.37 Å². The molecule has 18 heavy (non-hydrogen) atoms. The van der Waals surface area contributed by atoms with Crippen LogP contribution >= 0.6 is 0 Å². The summed E-state index contributed by atoms with van der Waals surface area (Å²) in [5.74, 6) is 0. The zero-order valence-corrected chi connectivity index (χ0v) is 10.0. The van der Waals surface area contributed by atoms with Crippen molar-refractivity contribution in [2.45, 2.75) is 0 Å². The summed E-state index contributed by atoms with van der Waals surface area (Å²) >= 11 is 0. The predicted molar refractivity (Wildman–Crippen MR) is 77.3 cm³/mol. The first-order valence-electron chi connectivity index (χ1n) is 6.55. The predicted octanol–water partition coefficient (Wildman–Crippen LogP) is 5.02. The van der Waals surface area contributed by atoms with Gasteiger partial charge in [-0.2, -0.15) is 0 Å². The molecule has 3 aromatic carbocycles. The van der Waals surface area contributed by atoms with Gasteiger partial charge >= 0.3 is 0 Å². The molecule has 0 radical (unpaired) electrons. The van der Waals surface area contributed by atoms with Gasteiger partial charge in [-0.3, -0.25) is 0 Å². The lowest BCUT2D eigenvalue weighted by Crippen LogP contribution is -1.79. The second kappa shape index (κ2) is 4.89. The Hall–Kier alpha value is -2.34. The van der Waals surface area contributed by atoms with E-state index < -0.39 is 0 Å². The van der Waals surface area contributed by atoms with Gasteiger partial charge in [0.1, 0.15) is 0 Å². The van der Waals surface area contributed by atoms with Crippen LogP contribution in [-0.2, 0) is 0 Å². The van der Waals surface area contributed by atoms with Gasteiger partial charge in [0.25, 0.3) is 0 Å². The molecule has 3 rings (SSSR count). The van der Waals surface area contributed by atoms with E-state index in [1.54, 1.807) is 6.07 Å². The van der Waals surface area contributed by atoms with E-state index in [0.717, 1.165) is 11.1 Å². The van der Waals surface area contributed by atoms with Gasteiger partial charge in [-0.25, -0.2) is 0 Å². The fraction of sp³-hybridized carbons (Fsp3) is 0. The summed E-state index contributed by atoms with van der Waals surface area (Å²) in [5, 5.41) is 0. The molecule has 0 fully saturated rings.